The first-order valence-electron chi connectivity index (χ1n) is 7.51. The highest BCUT2D eigenvalue weighted by atomic mass is 16.1. The average molecular weight is 270 g/mol. The number of amides is 1. The number of carbonyl (C=O) groups is 1. The molecule has 106 valence electrons. The van der Waals surface area contributed by atoms with E-state index < -0.39 is 0 Å². The number of fused-ring (bicyclic) bond motifs is 3. The first-order chi connectivity index (χ1) is 9.63. The SMILES string of the molecule is CC(C)CC(=O)NC1CCc2c([nH]c3ccccc23)C1. The molecule has 2 N–H and O–H groups in total. The van der Waals surface area contributed by atoms with E-state index in [9.17, 15) is 4.79 Å². The Bertz CT molecular complexity index is 627. The summed E-state index contributed by atoms with van der Waals surface area (Å²) in [5.41, 5.74) is 3.95. The van der Waals surface area contributed by atoms with Crippen molar-refractivity contribution >= 4 is 16.8 Å². The molecule has 1 aromatic heterocycles. The zero-order valence-corrected chi connectivity index (χ0v) is 12.2. The first kappa shape index (κ1) is 13.2. The fraction of sp³-hybridized carbons (Fsp3) is 0.471. The summed E-state index contributed by atoms with van der Waals surface area (Å²) in [5.74, 6) is 0.604. The molecule has 0 bridgehead atoms. The molecular formula is C17H22N2O. The van der Waals surface area contributed by atoms with E-state index in [0.717, 1.165) is 19.3 Å². The Labute approximate surface area is 119 Å². The number of hydrogen-bond acceptors (Lipinski definition) is 1. The van der Waals surface area contributed by atoms with Crippen molar-refractivity contribution in [3.8, 4) is 0 Å². The van der Waals surface area contributed by atoms with Crippen molar-refractivity contribution in [1.29, 1.82) is 0 Å². The van der Waals surface area contributed by atoms with E-state index in [2.05, 4.69) is 48.4 Å². The van der Waals surface area contributed by atoms with Crippen molar-refractivity contribution < 1.29 is 4.79 Å². The van der Waals surface area contributed by atoms with Gasteiger partial charge in [-0.1, -0.05) is 32.0 Å². The standard InChI is InChI=1S/C17H22N2O/c1-11(2)9-17(20)18-12-7-8-14-13-5-3-4-6-15(13)19-16(14)10-12/h3-6,11-12,19H,7-10H2,1-2H3,(H,18,20). The number of hydrogen-bond donors (Lipinski definition) is 2. The number of aromatic amines is 1. The van der Waals surface area contributed by atoms with E-state index in [-0.39, 0.29) is 11.9 Å². The highest BCUT2D eigenvalue weighted by Crippen LogP contribution is 2.29. The normalized spacial score (nSPS) is 18.2. The summed E-state index contributed by atoms with van der Waals surface area (Å²) in [6, 6.07) is 8.74. The number of rotatable bonds is 3. The van der Waals surface area contributed by atoms with Crippen LogP contribution in [0.3, 0.4) is 0 Å². The van der Waals surface area contributed by atoms with Gasteiger partial charge in [0, 0.05) is 35.5 Å². The second kappa shape index (κ2) is 5.31. The minimum absolute atomic E-state index is 0.185. The summed E-state index contributed by atoms with van der Waals surface area (Å²) in [7, 11) is 0. The molecule has 1 atom stereocenters. The first-order valence-corrected chi connectivity index (χ1v) is 7.51. The summed E-state index contributed by atoms with van der Waals surface area (Å²) in [4.78, 5) is 15.4. The van der Waals surface area contributed by atoms with Gasteiger partial charge in [-0.25, -0.2) is 0 Å². The van der Waals surface area contributed by atoms with Gasteiger partial charge in [-0.05, 0) is 30.4 Å². The third-order valence-corrected chi connectivity index (χ3v) is 4.05. The monoisotopic (exact) mass is 270 g/mol. The lowest BCUT2D eigenvalue weighted by molar-refractivity contribution is -0.122. The minimum atomic E-state index is 0.185. The van der Waals surface area contributed by atoms with Gasteiger partial charge in [-0.3, -0.25) is 4.79 Å². The lowest BCUT2D eigenvalue weighted by Gasteiger charge is -2.24. The molecule has 3 nitrogen and oxygen atoms in total. The zero-order chi connectivity index (χ0) is 14.1. The van der Waals surface area contributed by atoms with E-state index in [4.69, 9.17) is 0 Å². The highest BCUT2D eigenvalue weighted by molar-refractivity contribution is 5.85. The van der Waals surface area contributed by atoms with Crippen LogP contribution in [0.1, 0.15) is 37.9 Å². The quantitative estimate of drug-likeness (QED) is 0.884. The molecule has 0 radical (unpaired) electrons. The van der Waals surface area contributed by atoms with Crippen molar-refractivity contribution in [2.45, 2.75) is 45.6 Å². The Morgan fingerprint density at radius 3 is 3.00 bits per heavy atom. The Morgan fingerprint density at radius 2 is 2.20 bits per heavy atom. The van der Waals surface area contributed by atoms with E-state index in [0.29, 0.717) is 12.3 Å². The summed E-state index contributed by atoms with van der Waals surface area (Å²) < 4.78 is 0. The summed E-state index contributed by atoms with van der Waals surface area (Å²) >= 11 is 0. The van der Waals surface area contributed by atoms with Crippen LogP contribution < -0.4 is 5.32 Å². The topological polar surface area (TPSA) is 44.9 Å². The number of para-hydroxylation sites is 1. The fourth-order valence-electron chi connectivity index (χ4n) is 3.16. The summed E-state index contributed by atoms with van der Waals surface area (Å²) in [5, 5.41) is 4.52. The van der Waals surface area contributed by atoms with Gasteiger partial charge in [0.05, 0.1) is 0 Å². The smallest absolute Gasteiger partial charge is 0.220 e. The number of aryl methyl sites for hydroxylation is 1. The van der Waals surface area contributed by atoms with Crippen molar-refractivity contribution in [3.05, 3.63) is 35.5 Å². The Kier molecular flexibility index (Phi) is 3.51. The maximum absolute atomic E-state index is 11.9. The van der Waals surface area contributed by atoms with Gasteiger partial charge in [-0.2, -0.15) is 0 Å². The second-order valence-electron chi connectivity index (χ2n) is 6.23. The van der Waals surface area contributed by atoms with Crippen molar-refractivity contribution in [2.75, 3.05) is 0 Å². The van der Waals surface area contributed by atoms with Crippen molar-refractivity contribution in [3.63, 3.8) is 0 Å². The molecule has 0 saturated carbocycles. The van der Waals surface area contributed by atoms with Gasteiger partial charge in [0.25, 0.3) is 0 Å². The van der Waals surface area contributed by atoms with Gasteiger partial charge in [0.2, 0.25) is 5.91 Å². The molecule has 2 aromatic rings. The molecule has 1 unspecified atom stereocenters. The van der Waals surface area contributed by atoms with Crippen LogP contribution in [0.25, 0.3) is 10.9 Å². The molecule has 1 aromatic carbocycles. The van der Waals surface area contributed by atoms with Gasteiger partial charge in [-0.15, -0.1) is 0 Å². The number of carbonyl (C=O) groups excluding carboxylic acids is 1. The van der Waals surface area contributed by atoms with E-state index >= 15 is 0 Å². The molecule has 1 heterocycles. The van der Waals surface area contributed by atoms with Gasteiger partial charge < -0.3 is 10.3 Å². The summed E-state index contributed by atoms with van der Waals surface area (Å²) in [6.45, 7) is 4.16. The van der Waals surface area contributed by atoms with Crippen molar-refractivity contribution in [2.24, 2.45) is 5.92 Å². The van der Waals surface area contributed by atoms with Gasteiger partial charge >= 0.3 is 0 Å². The van der Waals surface area contributed by atoms with Crippen LogP contribution in [0.5, 0.6) is 0 Å². The molecule has 3 heteroatoms. The van der Waals surface area contributed by atoms with E-state index in [1.807, 2.05) is 0 Å². The Hall–Kier alpha value is -1.77. The predicted octanol–water partition coefficient (Wildman–Crippen LogP) is 3.19. The van der Waals surface area contributed by atoms with E-state index in [1.165, 1.54) is 22.2 Å². The third kappa shape index (κ3) is 2.58. The number of aromatic nitrogens is 1. The number of nitrogens with one attached hydrogen (secondary N) is 2. The fourth-order valence-corrected chi connectivity index (χ4v) is 3.16. The predicted molar refractivity (Wildman–Crippen MR) is 81.7 cm³/mol. The minimum Gasteiger partial charge on any atom is -0.358 e. The second-order valence-corrected chi connectivity index (χ2v) is 6.23. The number of benzene rings is 1. The lowest BCUT2D eigenvalue weighted by atomic mass is 9.91. The molecule has 0 fully saturated rings. The van der Waals surface area contributed by atoms with Crippen LogP contribution in [0, 0.1) is 5.92 Å². The molecule has 1 aliphatic rings. The third-order valence-electron chi connectivity index (χ3n) is 4.05. The largest absolute Gasteiger partial charge is 0.358 e. The molecule has 3 rings (SSSR count). The van der Waals surface area contributed by atoms with Crippen molar-refractivity contribution in [1.82, 2.24) is 10.3 Å². The van der Waals surface area contributed by atoms with Gasteiger partial charge in [0.1, 0.15) is 0 Å². The van der Waals surface area contributed by atoms with Crippen LogP contribution in [0.15, 0.2) is 24.3 Å². The molecule has 1 aliphatic carbocycles. The molecule has 1 amide bonds. The van der Waals surface area contributed by atoms with Crippen LogP contribution in [-0.2, 0) is 17.6 Å². The average Bonchev–Trinajstić information content (AvgIpc) is 2.75. The van der Waals surface area contributed by atoms with Gasteiger partial charge in [0.15, 0.2) is 0 Å². The maximum atomic E-state index is 11.9. The number of H-pyrrole nitrogens is 1. The Morgan fingerprint density at radius 1 is 1.40 bits per heavy atom. The Balaban J connectivity index is 1.74. The molecule has 0 saturated heterocycles. The van der Waals surface area contributed by atoms with Crippen LogP contribution in [0.2, 0.25) is 0 Å². The summed E-state index contributed by atoms with van der Waals surface area (Å²) in [6.07, 6.45) is 3.63. The molecule has 20 heavy (non-hydrogen) atoms. The molecule has 0 spiro atoms. The highest BCUT2D eigenvalue weighted by Gasteiger charge is 2.23. The van der Waals surface area contributed by atoms with Crippen LogP contribution >= 0.6 is 0 Å². The molecule has 0 aliphatic heterocycles. The maximum Gasteiger partial charge on any atom is 0.220 e. The van der Waals surface area contributed by atoms with E-state index in [1.54, 1.807) is 0 Å². The van der Waals surface area contributed by atoms with Crippen LogP contribution in [0.4, 0.5) is 0 Å². The lowest BCUT2D eigenvalue weighted by Crippen LogP contribution is -2.39. The zero-order valence-electron chi connectivity index (χ0n) is 12.2. The molecular weight excluding hydrogens is 248 g/mol. The van der Waals surface area contributed by atoms with Crippen LogP contribution in [-0.4, -0.2) is 16.9 Å².